The average molecular weight is 240 g/mol. The molecule has 1 rings (SSSR count). The van der Waals surface area contributed by atoms with Gasteiger partial charge in [-0.25, -0.2) is 0 Å². The van der Waals surface area contributed by atoms with Crippen LogP contribution in [0.2, 0.25) is 0 Å². The van der Waals surface area contributed by atoms with Crippen LogP contribution in [0, 0.1) is 0 Å². The number of carbonyl (C=O) groups is 1. The highest BCUT2D eigenvalue weighted by atomic mass is 16.2. The van der Waals surface area contributed by atoms with E-state index < -0.39 is 0 Å². The van der Waals surface area contributed by atoms with Gasteiger partial charge in [0.1, 0.15) is 0 Å². The van der Waals surface area contributed by atoms with Crippen LogP contribution in [-0.2, 0) is 4.79 Å². The predicted molar refractivity (Wildman–Crippen MR) is 72.0 cm³/mol. The third kappa shape index (κ3) is 4.30. The standard InChI is InChI=1S/C14H28N2O/c1-4-6-11-16(12(3)5-2)14(17)13-9-7-8-10-15-13/h12-13,15H,4-11H2,1-3H3. The predicted octanol–water partition coefficient (Wildman–Crippen LogP) is 2.56. The molecule has 2 atom stereocenters. The monoisotopic (exact) mass is 240 g/mol. The Kier molecular flexibility index (Phi) is 6.56. The van der Waals surface area contributed by atoms with E-state index in [9.17, 15) is 4.79 Å². The lowest BCUT2D eigenvalue weighted by molar-refractivity contribution is -0.136. The number of hydrogen-bond donors (Lipinski definition) is 1. The molecule has 100 valence electrons. The summed E-state index contributed by atoms with van der Waals surface area (Å²) in [5.74, 6) is 0.326. The van der Waals surface area contributed by atoms with Crippen molar-refractivity contribution in [1.29, 1.82) is 0 Å². The van der Waals surface area contributed by atoms with E-state index in [1.54, 1.807) is 0 Å². The Morgan fingerprint density at radius 1 is 1.41 bits per heavy atom. The highest BCUT2D eigenvalue weighted by Gasteiger charge is 2.27. The van der Waals surface area contributed by atoms with Crippen molar-refractivity contribution in [3.63, 3.8) is 0 Å². The largest absolute Gasteiger partial charge is 0.339 e. The summed E-state index contributed by atoms with van der Waals surface area (Å²) in [5.41, 5.74) is 0. The van der Waals surface area contributed by atoms with E-state index in [0.29, 0.717) is 11.9 Å². The van der Waals surface area contributed by atoms with Gasteiger partial charge in [0.25, 0.3) is 0 Å². The van der Waals surface area contributed by atoms with Crippen LogP contribution in [0.25, 0.3) is 0 Å². The Balaban J connectivity index is 2.56. The summed E-state index contributed by atoms with van der Waals surface area (Å²) in [7, 11) is 0. The molecule has 1 amide bonds. The molecule has 0 aromatic heterocycles. The molecule has 3 heteroatoms. The first-order valence-electron chi connectivity index (χ1n) is 7.24. The number of nitrogens with one attached hydrogen (secondary N) is 1. The van der Waals surface area contributed by atoms with Gasteiger partial charge in [0.05, 0.1) is 6.04 Å². The van der Waals surface area contributed by atoms with E-state index in [1.807, 2.05) is 0 Å². The van der Waals surface area contributed by atoms with Gasteiger partial charge in [-0.05, 0) is 39.2 Å². The molecular formula is C14H28N2O. The molecule has 1 fully saturated rings. The highest BCUT2D eigenvalue weighted by Crippen LogP contribution is 2.14. The molecule has 3 nitrogen and oxygen atoms in total. The quantitative estimate of drug-likeness (QED) is 0.774. The van der Waals surface area contributed by atoms with Crippen molar-refractivity contribution >= 4 is 5.91 Å². The van der Waals surface area contributed by atoms with Crippen molar-refractivity contribution in [2.75, 3.05) is 13.1 Å². The van der Waals surface area contributed by atoms with Crippen LogP contribution in [0.3, 0.4) is 0 Å². The maximum atomic E-state index is 12.5. The minimum absolute atomic E-state index is 0.0783. The summed E-state index contributed by atoms with van der Waals surface area (Å²) in [6.07, 6.45) is 6.72. The second-order valence-corrected chi connectivity index (χ2v) is 5.14. The Morgan fingerprint density at radius 3 is 2.71 bits per heavy atom. The topological polar surface area (TPSA) is 32.3 Å². The lowest BCUT2D eigenvalue weighted by Crippen LogP contribution is -2.51. The van der Waals surface area contributed by atoms with E-state index in [1.165, 1.54) is 12.8 Å². The second kappa shape index (κ2) is 7.70. The van der Waals surface area contributed by atoms with Crippen LogP contribution in [0.4, 0.5) is 0 Å². The minimum Gasteiger partial charge on any atom is -0.339 e. The first kappa shape index (κ1) is 14.5. The number of hydrogen-bond acceptors (Lipinski definition) is 2. The maximum Gasteiger partial charge on any atom is 0.239 e. The molecule has 1 heterocycles. The summed E-state index contributed by atoms with van der Waals surface area (Å²) in [6, 6.07) is 0.451. The van der Waals surface area contributed by atoms with E-state index in [4.69, 9.17) is 0 Å². The molecule has 1 saturated heterocycles. The van der Waals surface area contributed by atoms with Crippen molar-refractivity contribution in [2.45, 2.75) is 71.4 Å². The third-order valence-electron chi connectivity index (χ3n) is 3.77. The van der Waals surface area contributed by atoms with Crippen molar-refractivity contribution in [3.8, 4) is 0 Å². The molecule has 17 heavy (non-hydrogen) atoms. The Morgan fingerprint density at radius 2 is 2.18 bits per heavy atom. The van der Waals surface area contributed by atoms with Gasteiger partial charge in [-0.15, -0.1) is 0 Å². The van der Waals surface area contributed by atoms with E-state index in [0.717, 1.165) is 38.8 Å². The molecule has 1 N–H and O–H groups in total. The normalized spacial score (nSPS) is 22.2. The fourth-order valence-electron chi connectivity index (χ4n) is 2.36. The number of carbonyl (C=O) groups excluding carboxylic acids is 1. The Hall–Kier alpha value is -0.570. The average Bonchev–Trinajstić information content (AvgIpc) is 2.39. The van der Waals surface area contributed by atoms with Crippen LogP contribution < -0.4 is 5.32 Å². The van der Waals surface area contributed by atoms with Crippen molar-refractivity contribution in [1.82, 2.24) is 10.2 Å². The van der Waals surface area contributed by atoms with Crippen LogP contribution in [0.5, 0.6) is 0 Å². The molecule has 0 aromatic carbocycles. The summed E-state index contributed by atoms with van der Waals surface area (Å²) in [4.78, 5) is 14.6. The van der Waals surface area contributed by atoms with Crippen LogP contribution in [0.1, 0.15) is 59.3 Å². The van der Waals surface area contributed by atoms with Gasteiger partial charge in [0.2, 0.25) is 5.91 Å². The fraction of sp³-hybridized carbons (Fsp3) is 0.929. The van der Waals surface area contributed by atoms with Crippen molar-refractivity contribution in [2.24, 2.45) is 0 Å². The zero-order valence-corrected chi connectivity index (χ0v) is 11.7. The van der Waals surface area contributed by atoms with Gasteiger partial charge < -0.3 is 10.2 Å². The molecule has 0 saturated carbocycles. The van der Waals surface area contributed by atoms with Gasteiger partial charge in [-0.3, -0.25) is 4.79 Å². The second-order valence-electron chi connectivity index (χ2n) is 5.14. The molecule has 0 spiro atoms. The lowest BCUT2D eigenvalue weighted by atomic mass is 10.0. The first-order chi connectivity index (χ1) is 8.20. The molecule has 0 aliphatic carbocycles. The Bertz CT molecular complexity index is 224. The smallest absolute Gasteiger partial charge is 0.239 e. The Labute approximate surface area is 106 Å². The molecule has 2 unspecified atom stereocenters. The van der Waals surface area contributed by atoms with Gasteiger partial charge in [-0.1, -0.05) is 26.7 Å². The summed E-state index contributed by atoms with van der Waals surface area (Å²) < 4.78 is 0. The zero-order chi connectivity index (χ0) is 12.7. The van der Waals surface area contributed by atoms with Gasteiger partial charge in [-0.2, -0.15) is 0 Å². The van der Waals surface area contributed by atoms with Crippen molar-refractivity contribution in [3.05, 3.63) is 0 Å². The van der Waals surface area contributed by atoms with E-state index in [2.05, 4.69) is 31.0 Å². The lowest BCUT2D eigenvalue weighted by Gasteiger charge is -2.34. The number of rotatable bonds is 6. The summed E-state index contributed by atoms with van der Waals surface area (Å²) in [5, 5.41) is 3.36. The van der Waals surface area contributed by atoms with Gasteiger partial charge >= 0.3 is 0 Å². The van der Waals surface area contributed by atoms with Gasteiger partial charge in [0, 0.05) is 12.6 Å². The molecule has 0 radical (unpaired) electrons. The highest BCUT2D eigenvalue weighted by molar-refractivity contribution is 5.82. The third-order valence-corrected chi connectivity index (χ3v) is 3.77. The number of amides is 1. The molecule has 1 aliphatic heterocycles. The molecule has 0 aromatic rings. The molecule has 1 aliphatic rings. The first-order valence-corrected chi connectivity index (χ1v) is 7.24. The summed E-state index contributed by atoms with van der Waals surface area (Å²) >= 11 is 0. The number of unbranched alkanes of at least 4 members (excludes halogenated alkanes) is 1. The number of nitrogens with zero attached hydrogens (tertiary/aromatic N) is 1. The fourth-order valence-corrected chi connectivity index (χ4v) is 2.36. The zero-order valence-electron chi connectivity index (χ0n) is 11.7. The SMILES string of the molecule is CCCCN(C(=O)C1CCCCN1)C(C)CC. The van der Waals surface area contributed by atoms with Crippen LogP contribution in [-0.4, -0.2) is 36.0 Å². The van der Waals surface area contributed by atoms with Crippen LogP contribution in [0.15, 0.2) is 0 Å². The van der Waals surface area contributed by atoms with E-state index in [-0.39, 0.29) is 6.04 Å². The van der Waals surface area contributed by atoms with E-state index >= 15 is 0 Å². The number of piperidine rings is 1. The summed E-state index contributed by atoms with van der Waals surface area (Å²) in [6.45, 7) is 8.42. The molecule has 0 bridgehead atoms. The molecular weight excluding hydrogens is 212 g/mol. The van der Waals surface area contributed by atoms with Gasteiger partial charge in [0.15, 0.2) is 0 Å². The minimum atomic E-state index is 0.0783. The maximum absolute atomic E-state index is 12.5. The van der Waals surface area contributed by atoms with Crippen LogP contribution >= 0.6 is 0 Å². The van der Waals surface area contributed by atoms with Crippen molar-refractivity contribution < 1.29 is 4.79 Å².